The average Bonchev–Trinajstić information content (AvgIpc) is 2.75. The minimum Gasteiger partial charge on any atom is -0.339 e. The fourth-order valence-corrected chi connectivity index (χ4v) is 4.38. The van der Waals surface area contributed by atoms with Crippen LogP contribution in [0.4, 0.5) is 5.69 Å². The lowest BCUT2D eigenvalue weighted by molar-refractivity contribution is -0.116. The van der Waals surface area contributed by atoms with Crippen LogP contribution in [0.1, 0.15) is 29.6 Å². The normalized spacial score (nSPS) is 14.6. The van der Waals surface area contributed by atoms with Crippen LogP contribution in [0.2, 0.25) is 0 Å². The number of hydrogen-bond donors (Lipinski definition) is 1. The topological polar surface area (TPSA) is 86.8 Å². The number of rotatable bonds is 6. The largest absolute Gasteiger partial charge is 0.339 e. The first-order chi connectivity index (χ1) is 13.9. The van der Waals surface area contributed by atoms with E-state index < -0.39 is 15.9 Å². The molecule has 2 amide bonds. The molecular formula is C21H25N3O4S. The summed E-state index contributed by atoms with van der Waals surface area (Å²) in [6.45, 7) is 1.24. The Morgan fingerprint density at radius 2 is 1.59 bits per heavy atom. The summed E-state index contributed by atoms with van der Waals surface area (Å²) in [5.41, 5.74) is 1.09. The van der Waals surface area contributed by atoms with Gasteiger partial charge in [0.2, 0.25) is 15.9 Å². The van der Waals surface area contributed by atoms with E-state index >= 15 is 0 Å². The van der Waals surface area contributed by atoms with Gasteiger partial charge < -0.3 is 10.2 Å². The maximum atomic E-state index is 12.5. The molecule has 0 spiro atoms. The second-order valence-corrected chi connectivity index (χ2v) is 9.10. The molecule has 0 atom stereocenters. The maximum Gasteiger partial charge on any atom is 0.253 e. The van der Waals surface area contributed by atoms with Gasteiger partial charge in [0.1, 0.15) is 0 Å². The first-order valence-electron chi connectivity index (χ1n) is 9.58. The van der Waals surface area contributed by atoms with Crippen LogP contribution in [-0.4, -0.2) is 56.1 Å². The van der Waals surface area contributed by atoms with Crippen molar-refractivity contribution in [2.45, 2.75) is 24.2 Å². The molecule has 7 nitrogen and oxygen atoms in total. The Morgan fingerprint density at radius 3 is 2.21 bits per heavy atom. The van der Waals surface area contributed by atoms with Crippen molar-refractivity contribution in [2.24, 2.45) is 0 Å². The number of likely N-dealkylation sites (tertiary alicyclic amines) is 1. The third-order valence-corrected chi connectivity index (χ3v) is 6.69. The van der Waals surface area contributed by atoms with Crippen LogP contribution in [0, 0.1) is 0 Å². The van der Waals surface area contributed by atoms with Gasteiger partial charge in [0, 0.05) is 31.4 Å². The predicted molar refractivity (Wildman–Crippen MR) is 111 cm³/mol. The summed E-state index contributed by atoms with van der Waals surface area (Å²) in [7, 11) is -2.37. The van der Waals surface area contributed by atoms with Crippen LogP contribution in [0.3, 0.4) is 0 Å². The zero-order valence-corrected chi connectivity index (χ0v) is 17.2. The highest BCUT2D eigenvalue weighted by Gasteiger charge is 2.23. The van der Waals surface area contributed by atoms with Crippen molar-refractivity contribution in [2.75, 3.05) is 32.0 Å². The van der Waals surface area contributed by atoms with E-state index in [4.69, 9.17) is 0 Å². The van der Waals surface area contributed by atoms with E-state index in [1.807, 2.05) is 4.90 Å². The molecule has 1 N–H and O–H groups in total. The summed E-state index contributed by atoms with van der Waals surface area (Å²) in [5, 5.41) is 2.67. The molecule has 3 rings (SSSR count). The Morgan fingerprint density at radius 1 is 0.966 bits per heavy atom. The van der Waals surface area contributed by atoms with Gasteiger partial charge in [-0.3, -0.25) is 9.59 Å². The Bertz CT molecular complexity index is 953. The van der Waals surface area contributed by atoms with Crippen LogP contribution in [-0.2, 0) is 14.8 Å². The standard InChI is InChI=1S/C21H25N3O4S/c1-23(29(27,28)19-8-4-2-5-9-19)16-20(25)22-18-12-10-17(11-13-18)21(26)24-14-6-3-7-15-24/h2,4-5,8-13H,3,6-7,14-16H2,1H3,(H,22,25). The quantitative estimate of drug-likeness (QED) is 0.786. The van der Waals surface area contributed by atoms with Gasteiger partial charge in [-0.15, -0.1) is 0 Å². The Hall–Kier alpha value is -2.71. The number of amides is 2. The summed E-state index contributed by atoms with van der Waals surface area (Å²) in [6, 6.07) is 14.6. The van der Waals surface area contributed by atoms with Crippen molar-refractivity contribution in [1.82, 2.24) is 9.21 Å². The van der Waals surface area contributed by atoms with Crippen molar-refractivity contribution >= 4 is 27.5 Å². The Labute approximate surface area is 171 Å². The van der Waals surface area contributed by atoms with Gasteiger partial charge >= 0.3 is 0 Å². The van der Waals surface area contributed by atoms with Crippen LogP contribution in [0.25, 0.3) is 0 Å². The van der Waals surface area contributed by atoms with E-state index in [-0.39, 0.29) is 17.3 Å². The third-order valence-electron chi connectivity index (χ3n) is 4.88. The second kappa shape index (κ2) is 9.19. The molecule has 0 aromatic heterocycles. The summed E-state index contributed by atoms with van der Waals surface area (Å²) >= 11 is 0. The Balaban J connectivity index is 1.58. The van der Waals surface area contributed by atoms with Gasteiger partial charge in [0.15, 0.2) is 0 Å². The minimum absolute atomic E-state index is 0.00346. The van der Waals surface area contributed by atoms with Crippen molar-refractivity contribution in [1.29, 1.82) is 0 Å². The lowest BCUT2D eigenvalue weighted by Crippen LogP contribution is -2.35. The molecule has 1 fully saturated rings. The minimum atomic E-state index is -3.73. The maximum absolute atomic E-state index is 12.5. The van der Waals surface area contributed by atoms with Crippen LogP contribution in [0.15, 0.2) is 59.5 Å². The lowest BCUT2D eigenvalue weighted by Gasteiger charge is -2.26. The summed E-state index contributed by atoms with van der Waals surface area (Å²) in [6.07, 6.45) is 3.21. The molecule has 29 heavy (non-hydrogen) atoms. The zero-order valence-electron chi connectivity index (χ0n) is 16.4. The molecule has 2 aromatic carbocycles. The summed E-state index contributed by atoms with van der Waals surface area (Å²) < 4.78 is 26.0. The molecule has 1 saturated heterocycles. The fourth-order valence-electron chi connectivity index (χ4n) is 3.24. The van der Waals surface area contributed by atoms with Gasteiger partial charge in [-0.05, 0) is 55.7 Å². The number of carbonyl (C=O) groups is 2. The monoisotopic (exact) mass is 415 g/mol. The number of nitrogens with zero attached hydrogens (tertiary/aromatic N) is 2. The van der Waals surface area contributed by atoms with Crippen molar-refractivity contribution < 1.29 is 18.0 Å². The van der Waals surface area contributed by atoms with E-state index in [1.165, 1.54) is 19.2 Å². The SMILES string of the molecule is CN(CC(=O)Nc1ccc(C(=O)N2CCCCC2)cc1)S(=O)(=O)c1ccccc1. The van der Waals surface area contributed by atoms with Crippen LogP contribution >= 0.6 is 0 Å². The number of hydrogen-bond acceptors (Lipinski definition) is 4. The molecular weight excluding hydrogens is 390 g/mol. The molecule has 0 unspecified atom stereocenters. The molecule has 8 heteroatoms. The number of nitrogens with one attached hydrogen (secondary N) is 1. The third kappa shape index (κ3) is 5.21. The zero-order chi connectivity index (χ0) is 20.9. The number of carbonyl (C=O) groups excluding carboxylic acids is 2. The smallest absolute Gasteiger partial charge is 0.253 e. The number of likely N-dealkylation sites (N-methyl/N-ethyl adjacent to an activating group) is 1. The van der Waals surface area contributed by atoms with Gasteiger partial charge in [-0.1, -0.05) is 18.2 Å². The van der Waals surface area contributed by atoms with E-state index in [2.05, 4.69) is 5.32 Å². The molecule has 0 saturated carbocycles. The number of benzene rings is 2. The van der Waals surface area contributed by atoms with E-state index in [9.17, 15) is 18.0 Å². The molecule has 2 aromatic rings. The van der Waals surface area contributed by atoms with E-state index in [1.54, 1.807) is 42.5 Å². The Kier molecular flexibility index (Phi) is 6.66. The van der Waals surface area contributed by atoms with Crippen molar-refractivity contribution in [3.8, 4) is 0 Å². The van der Waals surface area contributed by atoms with Gasteiger partial charge in [0.05, 0.1) is 11.4 Å². The lowest BCUT2D eigenvalue weighted by atomic mass is 10.1. The van der Waals surface area contributed by atoms with Gasteiger partial charge in [-0.25, -0.2) is 8.42 Å². The predicted octanol–water partition coefficient (Wildman–Crippen LogP) is 2.57. The molecule has 0 aliphatic carbocycles. The molecule has 1 aliphatic rings. The number of sulfonamides is 1. The van der Waals surface area contributed by atoms with Crippen molar-refractivity contribution in [3.05, 3.63) is 60.2 Å². The van der Waals surface area contributed by atoms with Gasteiger partial charge in [-0.2, -0.15) is 4.31 Å². The number of piperidine rings is 1. The molecule has 1 heterocycles. The van der Waals surface area contributed by atoms with Crippen LogP contribution in [0.5, 0.6) is 0 Å². The molecule has 0 bridgehead atoms. The number of anilines is 1. The summed E-state index contributed by atoms with van der Waals surface area (Å²) in [4.78, 5) is 26.7. The van der Waals surface area contributed by atoms with E-state index in [0.717, 1.165) is 36.7 Å². The first kappa shape index (κ1) is 21.0. The second-order valence-electron chi connectivity index (χ2n) is 7.05. The highest BCUT2D eigenvalue weighted by Crippen LogP contribution is 2.16. The van der Waals surface area contributed by atoms with Gasteiger partial charge in [0.25, 0.3) is 5.91 Å². The first-order valence-corrected chi connectivity index (χ1v) is 11.0. The fraction of sp³-hybridized carbons (Fsp3) is 0.333. The molecule has 154 valence electrons. The molecule has 0 radical (unpaired) electrons. The van der Waals surface area contributed by atoms with Crippen molar-refractivity contribution in [3.63, 3.8) is 0 Å². The summed E-state index contributed by atoms with van der Waals surface area (Å²) in [5.74, 6) is -0.460. The highest BCUT2D eigenvalue weighted by atomic mass is 32.2. The average molecular weight is 416 g/mol. The molecule has 1 aliphatic heterocycles. The van der Waals surface area contributed by atoms with Crippen LogP contribution < -0.4 is 5.32 Å². The highest BCUT2D eigenvalue weighted by molar-refractivity contribution is 7.89. The van der Waals surface area contributed by atoms with E-state index in [0.29, 0.717) is 11.3 Å².